The smallest absolute Gasteiger partial charge is 0.329 e. The number of esters is 1. The average molecular weight is 752 g/mol. The van der Waals surface area contributed by atoms with Crippen molar-refractivity contribution in [2.24, 2.45) is 0 Å². The summed E-state index contributed by atoms with van der Waals surface area (Å²) < 4.78 is 52.2. The minimum absolute atomic E-state index is 0.105. The van der Waals surface area contributed by atoms with E-state index in [1.807, 2.05) is 91.0 Å². The Bertz CT molecular complexity index is 2120. The molecule has 6 rings (SSSR count). The van der Waals surface area contributed by atoms with Gasteiger partial charge in [-0.1, -0.05) is 91.0 Å². The summed E-state index contributed by atoms with van der Waals surface area (Å²) in [6, 6.07) is 34.6. The number of amides is 1. The first kappa shape index (κ1) is 37.5. The monoisotopic (exact) mass is 751 g/mol. The summed E-state index contributed by atoms with van der Waals surface area (Å²) in [6.07, 6.45) is 0. The zero-order valence-corrected chi connectivity index (χ0v) is 30.1. The first-order valence-electron chi connectivity index (χ1n) is 17.0. The molecule has 1 heterocycles. The fraction of sp³-hybridized carbons (Fsp3) is 0.200. The normalized spacial score (nSPS) is 14.5. The van der Waals surface area contributed by atoms with Gasteiger partial charge < -0.3 is 23.8 Å². The van der Waals surface area contributed by atoms with E-state index in [0.717, 1.165) is 52.4 Å². The fourth-order valence-electron chi connectivity index (χ4n) is 5.87. The van der Waals surface area contributed by atoms with Crippen LogP contribution in [0.15, 0.2) is 132 Å². The molecule has 1 aliphatic rings. The molecule has 0 spiro atoms. The van der Waals surface area contributed by atoms with Crippen LogP contribution in [0, 0.1) is 10.1 Å². The van der Waals surface area contributed by atoms with Gasteiger partial charge in [0.05, 0.1) is 16.9 Å². The Morgan fingerprint density at radius 2 is 1.20 bits per heavy atom. The number of benzene rings is 5. The summed E-state index contributed by atoms with van der Waals surface area (Å²) in [5, 5.41) is 11.1. The van der Waals surface area contributed by atoms with Gasteiger partial charge in [0.1, 0.15) is 25.9 Å². The molecule has 13 nitrogen and oxygen atoms in total. The Morgan fingerprint density at radius 3 is 1.67 bits per heavy atom. The van der Waals surface area contributed by atoms with Crippen LogP contribution >= 0.6 is 0 Å². The van der Waals surface area contributed by atoms with E-state index in [1.165, 1.54) is 17.0 Å². The van der Waals surface area contributed by atoms with Crippen molar-refractivity contribution in [2.45, 2.75) is 30.8 Å². The van der Waals surface area contributed by atoms with E-state index in [4.69, 9.17) is 18.9 Å². The van der Waals surface area contributed by atoms with Crippen LogP contribution in [0.3, 0.4) is 0 Å². The average Bonchev–Trinajstić information content (AvgIpc) is 3.21. The summed E-state index contributed by atoms with van der Waals surface area (Å²) in [7, 11) is -3.05. The van der Waals surface area contributed by atoms with Crippen LogP contribution in [0.1, 0.15) is 27.0 Å². The Balaban J connectivity index is 1.34. The van der Waals surface area contributed by atoms with E-state index >= 15 is 0 Å². The highest BCUT2D eigenvalue weighted by molar-refractivity contribution is 7.89. The van der Waals surface area contributed by atoms with E-state index < -0.39 is 39.4 Å². The molecule has 5 aromatic rings. The first-order chi connectivity index (χ1) is 26.1. The second-order valence-electron chi connectivity index (χ2n) is 12.3. The second-order valence-corrected chi connectivity index (χ2v) is 14.2. The van der Waals surface area contributed by atoms with Crippen molar-refractivity contribution in [1.29, 1.82) is 0 Å². The van der Waals surface area contributed by atoms with Crippen molar-refractivity contribution in [3.63, 3.8) is 0 Å². The minimum Gasteiger partial charge on any atom is -0.485 e. The zero-order chi connectivity index (χ0) is 38.1. The maximum absolute atomic E-state index is 14.4. The third-order valence-corrected chi connectivity index (χ3v) is 10.6. The predicted molar refractivity (Wildman–Crippen MR) is 197 cm³/mol. The Kier molecular flexibility index (Phi) is 11.8. The number of ether oxygens (including phenoxy) is 4. The van der Waals surface area contributed by atoms with Gasteiger partial charge in [0.15, 0.2) is 11.5 Å². The number of hydrogen-bond donors (Lipinski definition) is 0. The van der Waals surface area contributed by atoms with Gasteiger partial charge in [-0.25, -0.2) is 13.2 Å². The van der Waals surface area contributed by atoms with Crippen LogP contribution in [0.5, 0.6) is 17.2 Å². The molecule has 0 radical (unpaired) electrons. The van der Waals surface area contributed by atoms with Gasteiger partial charge in [-0.2, -0.15) is 4.31 Å². The maximum atomic E-state index is 14.4. The predicted octanol–water partition coefficient (Wildman–Crippen LogP) is 6.02. The van der Waals surface area contributed by atoms with Crippen molar-refractivity contribution in [2.75, 3.05) is 26.7 Å². The molecule has 0 saturated carbocycles. The van der Waals surface area contributed by atoms with E-state index in [0.29, 0.717) is 0 Å². The van der Waals surface area contributed by atoms with Crippen molar-refractivity contribution in [1.82, 2.24) is 9.21 Å². The number of carbonyl (C=O) groups is 2. The molecule has 0 aromatic heterocycles. The summed E-state index contributed by atoms with van der Waals surface area (Å²) in [5.41, 5.74) is 2.46. The number of methoxy groups -OCH3 is 1. The molecule has 278 valence electrons. The third kappa shape index (κ3) is 8.85. The Labute approximate surface area is 312 Å². The largest absolute Gasteiger partial charge is 0.485 e. The van der Waals surface area contributed by atoms with Gasteiger partial charge in [0, 0.05) is 37.3 Å². The molecule has 1 atom stereocenters. The van der Waals surface area contributed by atoms with Crippen LogP contribution in [-0.4, -0.2) is 67.2 Å². The standard InChI is InChI=1S/C40H37N3O10S/c1-50-40(45)35-25-41(54(48,49)34-19-17-33(18-20-34)43(46)47)21-22-42(35)39(44)32-23-36(51-26-29-11-5-2-6-12-29)38(53-28-31-15-9-4-10-16-31)37(24-32)52-27-30-13-7-3-8-14-30/h2-20,23-24,35H,21-22,25-28H2,1H3. The van der Waals surface area contributed by atoms with Gasteiger partial charge in [0.25, 0.3) is 11.6 Å². The SMILES string of the molecule is COC(=O)C1CN(S(=O)(=O)c2ccc([N+](=O)[O-])cc2)CCN1C(=O)c1cc(OCc2ccccc2)c(OCc2ccccc2)c(OCc2ccccc2)c1. The van der Waals surface area contributed by atoms with Crippen LogP contribution in [0.25, 0.3) is 0 Å². The van der Waals surface area contributed by atoms with E-state index in [2.05, 4.69) is 0 Å². The molecule has 1 saturated heterocycles. The van der Waals surface area contributed by atoms with Gasteiger partial charge in [-0.3, -0.25) is 14.9 Å². The van der Waals surface area contributed by atoms with Gasteiger partial charge >= 0.3 is 5.97 Å². The Morgan fingerprint density at radius 1 is 0.722 bits per heavy atom. The molecule has 5 aromatic carbocycles. The lowest BCUT2D eigenvalue weighted by Crippen LogP contribution is -2.59. The molecule has 54 heavy (non-hydrogen) atoms. The highest BCUT2D eigenvalue weighted by Crippen LogP contribution is 2.41. The number of nitrogens with zero attached hydrogens (tertiary/aromatic N) is 3. The molecule has 1 aliphatic heterocycles. The highest BCUT2D eigenvalue weighted by atomic mass is 32.2. The number of nitro benzene ring substituents is 1. The number of piperazine rings is 1. The molecule has 1 fully saturated rings. The molecular formula is C40H37N3O10S. The summed E-state index contributed by atoms with van der Waals surface area (Å²) >= 11 is 0. The van der Waals surface area contributed by atoms with Crippen molar-refractivity contribution in [3.05, 3.63) is 160 Å². The maximum Gasteiger partial charge on any atom is 0.329 e. The van der Waals surface area contributed by atoms with Crippen LogP contribution in [0.4, 0.5) is 5.69 Å². The highest BCUT2D eigenvalue weighted by Gasteiger charge is 2.41. The number of sulfonamides is 1. The van der Waals surface area contributed by atoms with Crippen LogP contribution in [-0.2, 0) is 39.4 Å². The minimum atomic E-state index is -4.20. The van der Waals surface area contributed by atoms with E-state index in [1.54, 1.807) is 0 Å². The third-order valence-electron chi connectivity index (χ3n) is 8.73. The topological polar surface area (TPSA) is 155 Å². The number of hydrogen-bond acceptors (Lipinski definition) is 10. The molecule has 1 amide bonds. The van der Waals surface area contributed by atoms with E-state index in [-0.39, 0.29) is 66.3 Å². The zero-order valence-electron chi connectivity index (χ0n) is 29.3. The van der Waals surface area contributed by atoms with Crippen LogP contribution < -0.4 is 14.2 Å². The molecule has 0 N–H and O–H groups in total. The molecule has 14 heteroatoms. The number of non-ortho nitro benzene ring substituents is 1. The molecule has 0 aliphatic carbocycles. The molecular weight excluding hydrogens is 715 g/mol. The lowest BCUT2D eigenvalue weighted by Gasteiger charge is -2.39. The van der Waals surface area contributed by atoms with Crippen molar-refractivity contribution < 1.29 is 41.9 Å². The summed E-state index contributed by atoms with van der Waals surface area (Å²) in [6.45, 7) is -0.286. The lowest BCUT2D eigenvalue weighted by molar-refractivity contribution is -0.384. The molecule has 0 bridgehead atoms. The lowest BCUT2D eigenvalue weighted by atomic mass is 10.1. The quantitative estimate of drug-likeness (QED) is 0.0748. The number of carbonyl (C=O) groups excluding carboxylic acids is 2. The van der Waals surface area contributed by atoms with Crippen LogP contribution in [0.2, 0.25) is 0 Å². The Hall–Kier alpha value is -6.25. The van der Waals surface area contributed by atoms with Crippen molar-refractivity contribution >= 4 is 27.6 Å². The summed E-state index contributed by atoms with van der Waals surface area (Å²) in [5.74, 6) is -0.710. The van der Waals surface area contributed by atoms with Gasteiger partial charge in [-0.05, 0) is 41.0 Å². The fourth-order valence-corrected chi connectivity index (χ4v) is 7.31. The van der Waals surface area contributed by atoms with Gasteiger partial charge in [-0.15, -0.1) is 0 Å². The molecule has 1 unspecified atom stereocenters. The number of rotatable bonds is 14. The first-order valence-corrected chi connectivity index (χ1v) is 18.4. The van der Waals surface area contributed by atoms with Gasteiger partial charge in [0.2, 0.25) is 15.8 Å². The second kappa shape index (κ2) is 17.1. The van der Waals surface area contributed by atoms with E-state index in [9.17, 15) is 28.1 Å². The number of nitro groups is 1. The summed E-state index contributed by atoms with van der Waals surface area (Å²) in [4.78, 5) is 39.2. The van der Waals surface area contributed by atoms with Crippen molar-refractivity contribution in [3.8, 4) is 17.2 Å².